The van der Waals surface area contributed by atoms with Gasteiger partial charge in [-0.15, -0.1) is 0 Å². The minimum absolute atomic E-state index is 0.0683. The monoisotopic (exact) mass is 364 g/mol. The lowest BCUT2D eigenvalue weighted by Gasteiger charge is -2.08. The maximum atomic E-state index is 7.05. The van der Waals surface area contributed by atoms with Crippen LogP contribution >= 0.6 is 0 Å². The number of unbranched alkanes of at least 4 members (excludes halogenated alkanes) is 8. The third-order valence-corrected chi connectivity index (χ3v) is 5.76. The van der Waals surface area contributed by atoms with Gasteiger partial charge >= 0.3 is 0 Å². The summed E-state index contributed by atoms with van der Waals surface area (Å²) in [5.74, 6) is 0.914. The maximum Gasteiger partial charge on any atom is 0.161 e. The van der Waals surface area contributed by atoms with E-state index in [1.54, 1.807) is 0 Å². The molecular formula is C20H36N2O2Si. The highest BCUT2D eigenvalue weighted by Crippen LogP contribution is 2.20. The van der Waals surface area contributed by atoms with E-state index in [-0.39, 0.29) is 15.8 Å². The standard InChI is InChI=1S/C20H36N2O2Si/c1-18(22-21)19-12-14-20(15-13-19)24-16-10-8-6-4-3-5-7-9-11-17-25-23-2/h12-15,18,21H,3-11,16-17,25H2,1-2H3. The van der Waals surface area contributed by atoms with Crippen LogP contribution in [0.4, 0.5) is 0 Å². The molecule has 1 N–H and O–H groups in total. The molecule has 1 atom stereocenters. The first-order valence-electron chi connectivity index (χ1n) is 9.86. The Hall–Kier alpha value is -1.20. The Morgan fingerprint density at radius 3 is 2.04 bits per heavy atom. The largest absolute Gasteiger partial charge is 0.494 e. The second kappa shape index (κ2) is 15.1. The summed E-state index contributed by atoms with van der Waals surface area (Å²) >= 11 is 0. The van der Waals surface area contributed by atoms with Crippen LogP contribution in [-0.4, -0.2) is 23.5 Å². The van der Waals surface area contributed by atoms with Gasteiger partial charge in [0.25, 0.3) is 0 Å². The number of nitrogens with one attached hydrogen (secondary N) is 1. The van der Waals surface area contributed by atoms with Crippen molar-refractivity contribution in [2.45, 2.75) is 76.8 Å². The van der Waals surface area contributed by atoms with E-state index < -0.39 is 0 Å². The number of benzene rings is 1. The van der Waals surface area contributed by atoms with E-state index in [9.17, 15) is 0 Å². The van der Waals surface area contributed by atoms with Gasteiger partial charge in [-0.05, 0) is 37.1 Å². The lowest BCUT2D eigenvalue weighted by atomic mass is 10.1. The molecule has 1 aromatic carbocycles. The van der Waals surface area contributed by atoms with Gasteiger partial charge in [0, 0.05) is 7.11 Å². The van der Waals surface area contributed by atoms with Crippen LogP contribution in [0, 0.1) is 5.53 Å². The van der Waals surface area contributed by atoms with Gasteiger partial charge in [-0.2, -0.15) is 5.11 Å². The molecule has 1 aromatic rings. The summed E-state index contributed by atoms with van der Waals surface area (Å²) in [7, 11) is 1.65. The van der Waals surface area contributed by atoms with Gasteiger partial charge in [0.15, 0.2) is 9.76 Å². The van der Waals surface area contributed by atoms with Crippen LogP contribution in [0.3, 0.4) is 0 Å². The lowest BCUT2D eigenvalue weighted by Crippen LogP contribution is -1.98. The van der Waals surface area contributed by atoms with Crippen molar-refractivity contribution in [1.29, 1.82) is 5.53 Å². The van der Waals surface area contributed by atoms with Crippen LogP contribution in [0.25, 0.3) is 0 Å². The van der Waals surface area contributed by atoms with Crippen molar-refractivity contribution < 1.29 is 9.16 Å². The Morgan fingerprint density at radius 2 is 1.48 bits per heavy atom. The SMILES string of the molecule is CO[SiH2]CCCCCCCCCCCOc1ccc(C(C)N=N)cc1. The van der Waals surface area contributed by atoms with Crippen LogP contribution in [0.5, 0.6) is 5.75 Å². The molecule has 0 aliphatic rings. The summed E-state index contributed by atoms with van der Waals surface area (Å²) in [6.45, 7) is 2.72. The Kier molecular flexibility index (Phi) is 13.2. The molecule has 0 amide bonds. The molecule has 0 radical (unpaired) electrons. The number of nitrogens with zero attached hydrogens (tertiary/aromatic N) is 1. The molecule has 25 heavy (non-hydrogen) atoms. The lowest BCUT2D eigenvalue weighted by molar-refractivity contribution is 0.304. The molecule has 0 fully saturated rings. The van der Waals surface area contributed by atoms with E-state index in [4.69, 9.17) is 14.7 Å². The van der Waals surface area contributed by atoms with Gasteiger partial charge in [-0.1, -0.05) is 63.5 Å². The Morgan fingerprint density at radius 1 is 0.920 bits per heavy atom. The van der Waals surface area contributed by atoms with Gasteiger partial charge < -0.3 is 9.16 Å². The predicted molar refractivity (Wildman–Crippen MR) is 107 cm³/mol. The van der Waals surface area contributed by atoms with Crippen LogP contribution < -0.4 is 4.74 Å². The van der Waals surface area contributed by atoms with Crippen LogP contribution in [0.15, 0.2) is 29.4 Å². The minimum atomic E-state index is -0.184. The number of hydrogen-bond donors (Lipinski definition) is 1. The molecular weight excluding hydrogens is 328 g/mol. The fourth-order valence-electron chi connectivity index (χ4n) is 2.87. The van der Waals surface area contributed by atoms with Crippen molar-refractivity contribution in [1.82, 2.24) is 0 Å². The zero-order valence-corrected chi connectivity index (χ0v) is 17.5. The predicted octanol–water partition coefficient (Wildman–Crippen LogP) is 5.82. The van der Waals surface area contributed by atoms with Gasteiger partial charge in [0.2, 0.25) is 0 Å². The smallest absolute Gasteiger partial charge is 0.161 e. The van der Waals surface area contributed by atoms with Crippen molar-refractivity contribution in [2.24, 2.45) is 5.11 Å². The highest BCUT2D eigenvalue weighted by molar-refractivity contribution is 6.26. The van der Waals surface area contributed by atoms with Gasteiger partial charge in [-0.3, -0.25) is 0 Å². The van der Waals surface area contributed by atoms with E-state index in [1.807, 2.05) is 38.3 Å². The quantitative estimate of drug-likeness (QED) is 0.228. The zero-order chi connectivity index (χ0) is 18.2. The fraction of sp³-hybridized carbons (Fsp3) is 0.700. The normalized spacial score (nSPS) is 12.6. The van der Waals surface area contributed by atoms with Crippen molar-refractivity contribution in [3.8, 4) is 5.75 Å². The summed E-state index contributed by atoms with van der Waals surface area (Å²) in [4.78, 5) is 0. The molecule has 0 aliphatic carbocycles. The van der Waals surface area contributed by atoms with Crippen molar-refractivity contribution in [3.63, 3.8) is 0 Å². The van der Waals surface area contributed by atoms with E-state index in [0.29, 0.717) is 0 Å². The molecule has 0 aromatic heterocycles. The third kappa shape index (κ3) is 11.1. The molecule has 142 valence electrons. The van der Waals surface area contributed by atoms with Crippen LogP contribution in [0.2, 0.25) is 6.04 Å². The first kappa shape index (κ1) is 21.8. The number of hydrogen-bond acceptors (Lipinski definition) is 4. The summed E-state index contributed by atoms with van der Waals surface area (Å²) in [5, 5.41) is 3.53. The second-order valence-electron chi connectivity index (χ2n) is 6.75. The van der Waals surface area contributed by atoms with Crippen molar-refractivity contribution in [2.75, 3.05) is 13.7 Å². The highest BCUT2D eigenvalue weighted by Gasteiger charge is 2.02. The number of ether oxygens (including phenoxy) is 1. The Balaban J connectivity index is 1.91. The van der Waals surface area contributed by atoms with E-state index in [1.165, 1.54) is 57.4 Å². The van der Waals surface area contributed by atoms with Crippen molar-refractivity contribution in [3.05, 3.63) is 29.8 Å². The number of rotatable bonds is 16. The van der Waals surface area contributed by atoms with Gasteiger partial charge in [0.05, 0.1) is 12.6 Å². The van der Waals surface area contributed by atoms with Crippen LogP contribution in [-0.2, 0) is 4.43 Å². The molecule has 0 heterocycles. The molecule has 4 nitrogen and oxygen atoms in total. The second-order valence-corrected chi connectivity index (χ2v) is 8.44. The first-order chi connectivity index (χ1) is 12.3. The summed E-state index contributed by atoms with van der Waals surface area (Å²) < 4.78 is 11.0. The molecule has 5 heteroatoms. The van der Waals surface area contributed by atoms with E-state index in [2.05, 4.69) is 5.11 Å². The summed E-state index contributed by atoms with van der Waals surface area (Å²) in [6, 6.07) is 9.22. The highest BCUT2D eigenvalue weighted by atomic mass is 28.2. The third-order valence-electron chi connectivity index (χ3n) is 4.57. The zero-order valence-electron chi connectivity index (χ0n) is 16.1. The fourth-order valence-corrected chi connectivity index (χ4v) is 3.72. The van der Waals surface area contributed by atoms with Crippen molar-refractivity contribution >= 4 is 9.76 Å². The Labute approximate surface area is 156 Å². The van der Waals surface area contributed by atoms with E-state index >= 15 is 0 Å². The summed E-state index contributed by atoms with van der Waals surface area (Å²) in [6.07, 6.45) is 12.0. The topological polar surface area (TPSA) is 54.7 Å². The minimum Gasteiger partial charge on any atom is -0.494 e. The van der Waals surface area contributed by atoms with E-state index in [0.717, 1.165) is 24.3 Å². The maximum absolute atomic E-state index is 7.05. The Bertz CT molecular complexity index is 440. The average molecular weight is 365 g/mol. The first-order valence-corrected chi connectivity index (χ1v) is 11.4. The van der Waals surface area contributed by atoms with Gasteiger partial charge in [-0.25, -0.2) is 5.53 Å². The molecule has 0 aliphatic heterocycles. The average Bonchev–Trinajstić information content (AvgIpc) is 2.65. The van der Waals surface area contributed by atoms with Gasteiger partial charge in [0.1, 0.15) is 5.75 Å². The molecule has 0 spiro atoms. The molecule has 1 rings (SSSR count). The molecule has 0 bridgehead atoms. The molecule has 0 saturated carbocycles. The molecule has 0 saturated heterocycles. The molecule has 1 unspecified atom stereocenters. The summed E-state index contributed by atoms with van der Waals surface area (Å²) in [5.41, 5.74) is 8.11. The van der Waals surface area contributed by atoms with Crippen LogP contribution in [0.1, 0.15) is 76.3 Å².